The molecule has 2 N–H and O–H groups in total. The smallest absolute Gasteiger partial charge is 0.492 e. The first-order valence-electron chi connectivity index (χ1n) is 16.4. The Hall–Kier alpha value is -3.79. The van der Waals surface area contributed by atoms with Crippen LogP contribution in [0.25, 0.3) is 11.1 Å². The summed E-state index contributed by atoms with van der Waals surface area (Å²) in [6, 6.07) is 11.3. The summed E-state index contributed by atoms with van der Waals surface area (Å²) >= 11 is 5.94. The van der Waals surface area contributed by atoms with E-state index in [4.69, 9.17) is 22.1 Å². The van der Waals surface area contributed by atoms with Gasteiger partial charge in [0, 0.05) is 29.7 Å². The molecule has 16 heteroatoms. The van der Waals surface area contributed by atoms with Gasteiger partial charge in [0.05, 0.1) is 11.5 Å². The van der Waals surface area contributed by atoms with Gasteiger partial charge in [-0.05, 0) is 83.6 Å². The molecule has 5 rings (SSSR count). The fourth-order valence-electron chi connectivity index (χ4n) is 6.11. The lowest BCUT2D eigenvalue weighted by Crippen LogP contribution is -2.60. The second kappa shape index (κ2) is 15.8. The average Bonchev–Trinajstić information content (AvgIpc) is 3.11. The van der Waals surface area contributed by atoms with Crippen molar-refractivity contribution in [2.24, 2.45) is 11.7 Å². The Morgan fingerprint density at radius 1 is 0.843 bits per heavy atom. The van der Waals surface area contributed by atoms with Gasteiger partial charge in [0.15, 0.2) is 0 Å². The highest BCUT2D eigenvalue weighted by Crippen LogP contribution is 2.40. The molecule has 51 heavy (non-hydrogen) atoms. The molecule has 0 radical (unpaired) electrons. The molecule has 0 bridgehead atoms. The van der Waals surface area contributed by atoms with Gasteiger partial charge in [-0.2, -0.15) is 22.0 Å². The Bertz CT molecular complexity index is 1760. The van der Waals surface area contributed by atoms with Crippen LogP contribution >= 0.6 is 11.6 Å². The normalized spacial score (nSPS) is 17.3. The summed E-state index contributed by atoms with van der Waals surface area (Å²) in [5.74, 6) is -8.73. The van der Waals surface area contributed by atoms with Gasteiger partial charge in [-0.3, -0.25) is 4.79 Å². The van der Waals surface area contributed by atoms with E-state index >= 15 is 8.78 Å². The minimum Gasteiger partial charge on any atom is -0.493 e. The van der Waals surface area contributed by atoms with Crippen LogP contribution < -0.4 is 10.5 Å². The van der Waals surface area contributed by atoms with Gasteiger partial charge < -0.3 is 20.2 Å². The Labute approximate surface area is 297 Å². The van der Waals surface area contributed by atoms with Crippen molar-refractivity contribution in [3.63, 3.8) is 0 Å². The maximum absolute atomic E-state index is 16.8. The minimum atomic E-state index is -5.81. The molecule has 0 spiro atoms. The van der Waals surface area contributed by atoms with E-state index in [9.17, 15) is 31.2 Å². The molecule has 2 fully saturated rings. The van der Waals surface area contributed by atoms with E-state index in [2.05, 4.69) is 4.84 Å². The van der Waals surface area contributed by atoms with Crippen molar-refractivity contribution in [2.45, 2.75) is 74.0 Å². The first-order valence-corrected chi connectivity index (χ1v) is 18.2. The fourth-order valence-corrected chi connectivity index (χ4v) is 7.59. The third kappa shape index (κ3) is 9.18. The molecule has 0 unspecified atom stereocenters. The van der Waals surface area contributed by atoms with E-state index in [-0.39, 0.29) is 37.6 Å². The zero-order valence-corrected chi connectivity index (χ0v) is 28.9. The average molecular weight is 758 g/mol. The highest BCUT2D eigenvalue weighted by molar-refractivity contribution is 7.89. The number of nitrogens with zero attached hydrogens (tertiary/aromatic N) is 2. The third-order valence-electron chi connectivity index (χ3n) is 9.06. The number of hydrogen-bond donors (Lipinski definition) is 1. The number of carbonyl (C=O) groups excluding carboxylic acids is 2. The number of likely N-dealkylation sites (tertiary alicyclic amines) is 1. The SMILES string of the molecule is NC1CCN(C(=O)[C@@H](N(OC(=O)C(F)(F)F)S(=O)(=O)c2ccc(OCC3CCCCC3)cc2)C(F)(F)c2ccc(-c3ccc(Cl)cc3)cc2)CC1. The van der Waals surface area contributed by atoms with E-state index in [1.165, 1.54) is 24.3 Å². The van der Waals surface area contributed by atoms with Gasteiger partial charge in [-0.1, -0.05) is 67.3 Å². The lowest BCUT2D eigenvalue weighted by molar-refractivity contribution is -0.239. The number of halogens is 6. The molecular formula is C35H37ClF5N3O6S. The molecule has 3 aromatic rings. The predicted octanol–water partition coefficient (Wildman–Crippen LogP) is 7.09. The summed E-state index contributed by atoms with van der Waals surface area (Å²) in [5.41, 5.74) is 6.01. The van der Waals surface area contributed by atoms with Crippen LogP contribution in [0.1, 0.15) is 50.5 Å². The molecule has 1 saturated carbocycles. The van der Waals surface area contributed by atoms with Crippen molar-refractivity contribution in [2.75, 3.05) is 19.7 Å². The summed E-state index contributed by atoms with van der Waals surface area (Å²) < 4.78 is 107. The number of hydrogen-bond acceptors (Lipinski definition) is 7. The first-order chi connectivity index (χ1) is 24.1. The van der Waals surface area contributed by atoms with Crippen LogP contribution in [0.4, 0.5) is 22.0 Å². The van der Waals surface area contributed by atoms with Gasteiger partial charge >= 0.3 is 18.1 Å². The molecular weight excluding hydrogens is 721 g/mol. The van der Waals surface area contributed by atoms with Crippen molar-refractivity contribution in [3.05, 3.63) is 83.4 Å². The van der Waals surface area contributed by atoms with E-state index < -0.39 is 61.0 Å². The Balaban J connectivity index is 1.54. The van der Waals surface area contributed by atoms with Crippen molar-refractivity contribution in [1.29, 1.82) is 0 Å². The molecule has 1 saturated heterocycles. The number of hydroxylamine groups is 1. The lowest BCUT2D eigenvalue weighted by Gasteiger charge is -2.38. The molecule has 1 heterocycles. The number of carbonyl (C=O) groups is 2. The van der Waals surface area contributed by atoms with Crippen LogP contribution in [0.5, 0.6) is 5.75 Å². The number of alkyl halides is 5. The topological polar surface area (TPSA) is 119 Å². The predicted molar refractivity (Wildman–Crippen MR) is 178 cm³/mol. The zero-order valence-electron chi connectivity index (χ0n) is 27.3. The molecule has 1 aliphatic heterocycles. The Kier molecular flexibility index (Phi) is 11.9. The highest BCUT2D eigenvalue weighted by atomic mass is 35.5. The van der Waals surface area contributed by atoms with Crippen LogP contribution in [0.2, 0.25) is 5.02 Å². The largest absolute Gasteiger partial charge is 0.493 e. The van der Waals surface area contributed by atoms with Crippen LogP contribution in [0.15, 0.2) is 77.7 Å². The van der Waals surface area contributed by atoms with Crippen LogP contribution in [0, 0.1) is 5.92 Å². The maximum Gasteiger partial charge on any atom is 0.492 e. The second-order valence-corrected chi connectivity index (χ2v) is 14.9. The summed E-state index contributed by atoms with van der Waals surface area (Å²) in [7, 11) is -5.58. The van der Waals surface area contributed by atoms with Crippen molar-refractivity contribution >= 4 is 33.5 Å². The van der Waals surface area contributed by atoms with E-state index in [0.717, 1.165) is 61.3 Å². The quantitative estimate of drug-likeness (QED) is 0.164. The number of ether oxygens (including phenoxy) is 1. The monoisotopic (exact) mass is 757 g/mol. The summed E-state index contributed by atoms with van der Waals surface area (Å²) in [4.78, 5) is 30.5. The lowest BCUT2D eigenvalue weighted by atomic mass is 9.90. The molecule has 0 aromatic heterocycles. The number of rotatable bonds is 11. The summed E-state index contributed by atoms with van der Waals surface area (Å²) in [6.07, 6.45) is -0.357. The van der Waals surface area contributed by atoms with Gasteiger partial charge in [0.2, 0.25) is 6.04 Å². The second-order valence-electron chi connectivity index (χ2n) is 12.7. The van der Waals surface area contributed by atoms with Gasteiger partial charge in [0.25, 0.3) is 15.9 Å². The van der Waals surface area contributed by atoms with Gasteiger partial charge in [-0.15, -0.1) is 0 Å². The van der Waals surface area contributed by atoms with E-state index in [1.54, 1.807) is 24.3 Å². The molecule has 1 aliphatic carbocycles. The van der Waals surface area contributed by atoms with Crippen LogP contribution in [-0.2, 0) is 30.4 Å². The third-order valence-corrected chi connectivity index (χ3v) is 10.9. The summed E-state index contributed by atoms with van der Waals surface area (Å²) in [5, 5.41) is 0.429. The Morgan fingerprint density at radius 3 is 1.94 bits per heavy atom. The standard InChI is InChI=1S/C35H37ClF5N3O6S/c36-27-12-8-25(9-13-27)24-6-10-26(11-7-24)34(37,38)31(32(45)43-20-18-28(42)19-21-43)44(50-33(46)35(39,40)41)51(47,48)30-16-14-29(15-17-30)49-22-23-4-2-1-3-5-23/h6-17,23,28,31H,1-5,18-22,42H2/t31-/m1/s1. The van der Waals surface area contributed by atoms with Crippen molar-refractivity contribution in [1.82, 2.24) is 9.37 Å². The van der Waals surface area contributed by atoms with E-state index in [0.29, 0.717) is 22.8 Å². The highest BCUT2D eigenvalue weighted by Gasteiger charge is 2.58. The van der Waals surface area contributed by atoms with Crippen molar-refractivity contribution < 1.29 is 49.5 Å². The number of benzene rings is 3. The minimum absolute atomic E-state index is 0.150. The fraction of sp³-hybridized carbons (Fsp3) is 0.429. The molecule has 276 valence electrons. The van der Waals surface area contributed by atoms with Gasteiger partial charge in [0.1, 0.15) is 5.75 Å². The number of piperidine rings is 1. The van der Waals surface area contributed by atoms with E-state index in [1.807, 2.05) is 0 Å². The Morgan fingerprint density at radius 2 is 1.39 bits per heavy atom. The molecule has 3 aromatic carbocycles. The number of nitrogens with two attached hydrogens (primary N) is 1. The van der Waals surface area contributed by atoms with Gasteiger partial charge in [-0.25, -0.2) is 13.2 Å². The first kappa shape index (κ1) is 38.4. The molecule has 1 atom stereocenters. The number of sulfonamides is 1. The molecule has 9 nitrogen and oxygen atoms in total. The number of amides is 1. The van der Waals surface area contributed by atoms with Crippen LogP contribution in [-0.4, -0.2) is 67.6 Å². The van der Waals surface area contributed by atoms with Crippen molar-refractivity contribution in [3.8, 4) is 16.9 Å². The zero-order chi connectivity index (χ0) is 37.0. The molecule has 1 amide bonds. The van der Waals surface area contributed by atoms with Crippen LogP contribution in [0.3, 0.4) is 0 Å². The molecule has 2 aliphatic rings. The summed E-state index contributed by atoms with van der Waals surface area (Å²) in [6.45, 7) is -0.0487. The maximum atomic E-state index is 16.8.